The molecule has 0 unspecified atom stereocenters. The first kappa shape index (κ1) is 16.6. The first-order valence-corrected chi connectivity index (χ1v) is 7.80. The average molecular weight is 337 g/mol. The molecule has 128 valence electrons. The first-order chi connectivity index (χ1) is 12.0. The molecule has 25 heavy (non-hydrogen) atoms. The molecule has 0 aliphatic carbocycles. The van der Waals surface area contributed by atoms with E-state index in [1.165, 1.54) is 4.68 Å². The topological polar surface area (TPSA) is 85.2 Å². The number of ether oxygens (including phenoxy) is 1. The van der Waals surface area contributed by atoms with Crippen molar-refractivity contribution in [1.29, 1.82) is 0 Å². The van der Waals surface area contributed by atoms with Crippen LogP contribution in [-0.2, 0) is 0 Å². The number of methoxy groups -OCH3 is 1. The van der Waals surface area contributed by atoms with Crippen LogP contribution < -0.4 is 10.3 Å². The van der Waals surface area contributed by atoms with Crippen molar-refractivity contribution in [2.45, 2.75) is 20.8 Å². The van der Waals surface area contributed by atoms with E-state index in [9.17, 15) is 4.79 Å². The Morgan fingerprint density at radius 1 is 1.12 bits per heavy atom. The number of nitrogens with one attached hydrogen (secondary N) is 1. The maximum Gasteiger partial charge on any atom is 0.282 e. The van der Waals surface area contributed by atoms with Crippen LogP contribution in [0.15, 0.2) is 40.1 Å². The van der Waals surface area contributed by atoms with Crippen molar-refractivity contribution in [2.24, 2.45) is 4.99 Å². The lowest BCUT2D eigenvalue weighted by molar-refractivity contribution is 0.415. The fourth-order valence-corrected chi connectivity index (χ4v) is 2.47. The number of aromatic amines is 1. The molecule has 3 aromatic rings. The van der Waals surface area contributed by atoms with Crippen LogP contribution in [0.4, 0.5) is 5.69 Å². The second-order valence-corrected chi connectivity index (χ2v) is 5.70. The van der Waals surface area contributed by atoms with E-state index in [4.69, 9.17) is 4.74 Å². The number of hydrogen-bond donors (Lipinski definition) is 1. The number of aliphatic imine (C=N–C) groups is 1. The molecule has 2 heterocycles. The van der Waals surface area contributed by atoms with Gasteiger partial charge in [-0.3, -0.25) is 14.9 Å². The third-order valence-electron chi connectivity index (χ3n) is 3.70. The summed E-state index contributed by atoms with van der Waals surface area (Å²) < 4.78 is 6.46. The van der Waals surface area contributed by atoms with Gasteiger partial charge in [-0.05, 0) is 51.1 Å². The van der Waals surface area contributed by atoms with Crippen molar-refractivity contribution in [2.75, 3.05) is 7.11 Å². The molecule has 0 fully saturated rings. The Morgan fingerprint density at radius 2 is 1.76 bits per heavy atom. The minimum atomic E-state index is -0.236. The van der Waals surface area contributed by atoms with Gasteiger partial charge in [-0.1, -0.05) is 0 Å². The highest BCUT2D eigenvalue weighted by Crippen LogP contribution is 2.17. The molecule has 1 aromatic carbocycles. The van der Waals surface area contributed by atoms with E-state index < -0.39 is 0 Å². The number of nitrogens with zero attached hydrogens (tertiary/aromatic N) is 4. The van der Waals surface area contributed by atoms with Gasteiger partial charge >= 0.3 is 0 Å². The molecule has 0 atom stereocenters. The molecule has 0 bridgehead atoms. The zero-order valence-corrected chi connectivity index (χ0v) is 14.6. The lowest BCUT2D eigenvalue weighted by Crippen LogP contribution is -2.20. The van der Waals surface area contributed by atoms with Gasteiger partial charge in [-0.15, -0.1) is 0 Å². The summed E-state index contributed by atoms with van der Waals surface area (Å²) in [4.78, 5) is 25.7. The SMILES string of the molecule is COc1ccc(N=Cc2c(C)[nH]n(-c3nc(C)cc(C)n3)c2=O)cc1. The third kappa shape index (κ3) is 3.50. The first-order valence-electron chi connectivity index (χ1n) is 7.80. The van der Waals surface area contributed by atoms with Crippen molar-refractivity contribution in [1.82, 2.24) is 19.7 Å². The van der Waals surface area contributed by atoms with Crippen molar-refractivity contribution >= 4 is 11.9 Å². The highest BCUT2D eigenvalue weighted by atomic mass is 16.5. The Morgan fingerprint density at radius 3 is 2.36 bits per heavy atom. The fraction of sp³-hybridized carbons (Fsp3) is 0.222. The van der Waals surface area contributed by atoms with E-state index in [0.717, 1.165) is 22.8 Å². The molecule has 0 amide bonds. The van der Waals surface area contributed by atoms with Gasteiger partial charge in [-0.2, -0.15) is 4.68 Å². The summed E-state index contributed by atoms with van der Waals surface area (Å²) in [6.45, 7) is 5.55. The van der Waals surface area contributed by atoms with Gasteiger partial charge in [0.25, 0.3) is 11.5 Å². The molecule has 7 nitrogen and oxygen atoms in total. The normalized spacial score (nSPS) is 11.2. The number of benzene rings is 1. The van der Waals surface area contributed by atoms with Crippen LogP contribution in [0.1, 0.15) is 22.6 Å². The van der Waals surface area contributed by atoms with Crippen LogP contribution in [0.5, 0.6) is 5.75 Å². The smallest absolute Gasteiger partial charge is 0.282 e. The number of aryl methyl sites for hydroxylation is 3. The molecule has 0 spiro atoms. The largest absolute Gasteiger partial charge is 0.497 e. The maximum absolute atomic E-state index is 12.7. The molecular formula is C18H19N5O2. The molecule has 0 radical (unpaired) electrons. The summed E-state index contributed by atoms with van der Waals surface area (Å²) in [6, 6.07) is 9.14. The quantitative estimate of drug-likeness (QED) is 0.742. The minimum absolute atomic E-state index is 0.236. The van der Waals surface area contributed by atoms with E-state index in [-0.39, 0.29) is 5.56 Å². The van der Waals surface area contributed by atoms with Crippen LogP contribution in [0.25, 0.3) is 5.95 Å². The molecular weight excluding hydrogens is 318 g/mol. The number of H-pyrrole nitrogens is 1. The van der Waals surface area contributed by atoms with Crippen molar-refractivity contribution < 1.29 is 4.74 Å². The number of aromatic nitrogens is 4. The van der Waals surface area contributed by atoms with E-state index in [0.29, 0.717) is 17.2 Å². The van der Waals surface area contributed by atoms with E-state index in [1.54, 1.807) is 13.3 Å². The van der Waals surface area contributed by atoms with Crippen molar-refractivity contribution in [3.05, 3.63) is 63.3 Å². The second-order valence-electron chi connectivity index (χ2n) is 5.70. The Bertz CT molecular complexity index is 963. The number of rotatable bonds is 4. The second kappa shape index (κ2) is 6.72. The summed E-state index contributed by atoms with van der Waals surface area (Å²) in [5, 5.41) is 3.01. The highest BCUT2D eigenvalue weighted by Gasteiger charge is 2.13. The van der Waals surface area contributed by atoms with Gasteiger partial charge in [0.05, 0.1) is 18.4 Å². The van der Waals surface area contributed by atoms with Gasteiger partial charge < -0.3 is 4.74 Å². The van der Waals surface area contributed by atoms with Crippen LogP contribution in [0.3, 0.4) is 0 Å². The zero-order chi connectivity index (χ0) is 18.0. The Balaban J connectivity index is 1.96. The molecule has 7 heteroatoms. The lowest BCUT2D eigenvalue weighted by Gasteiger charge is -2.02. The Hall–Kier alpha value is -3.22. The predicted octanol–water partition coefficient (Wildman–Crippen LogP) is 2.64. The van der Waals surface area contributed by atoms with E-state index in [2.05, 4.69) is 20.1 Å². The van der Waals surface area contributed by atoms with Gasteiger partial charge in [0.2, 0.25) is 0 Å². The molecule has 0 saturated carbocycles. The Kier molecular flexibility index (Phi) is 4.47. The monoisotopic (exact) mass is 337 g/mol. The van der Waals surface area contributed by atoms with Gasteiger partial charge in [0.15, 0.2) is 0 Å². The zero-order valence-electron chi connectivity index (χ0n) is 14.6. The van der Waals surface area contributed by atoms with Crippen LogP contribution in [0, 0.1) is 20.8 Å². The molecule has 0 saturated heterocycles. The van der Waals surface area contributed by atoms with Crippen LogP contribution in [0.2, 0.25) is 0 Å². The van der Waals surface area contributed by atoms with Gasteiger partial charge in [0.1, 0.15) is 5.75 Å². The summed E-state index contributed by atoms with van der Waals surface area (Å²) in [6.07, 6.45) is 1.55. The van der Waals surface area contributed by atoms with Crippen LogP contribution in [-0.4, -0.2) is 33.1 Å². The minimum Gasteiger partial charge on any atom is -0.497 e. The molecule has 1 N–H and O–H groups in total. The van der Waals surface area contributed by atoms with E-state index in [1.807, 2.05) is 51.1 Å². The summed E-state index contributed by atoms with van der Waals surface area (Å²) in [5.74, 6) is 1.08. The van der Waals surface area contributed by atoms with Crippen molar-refractivity contribution in [3.8, 4) is 11.7 Å². The summed E-state index contributed by atoms with van der Waals surface area (Å²) in [7, 11) is 1.61. The molecule has 2 aromatic heterocycles. The highest BCUT2D eigenvalue weighted by molar-refractivity contribution is 5.82. The van der Waals surface area contributed by atoms with Crippen LogP contribution >= 0.6 is 0 Å². The van der Waals surface area contributed by atoms with Crippen molar-refractivity contribution in [3.63, 3.8) is 0 Å². The molecule has 0 aliphatic rings. The third-order valence-corrected chi connectivity index (χ3v) is 3.70. The fourth-order valence-electron chi connectivity index (χ4n) is 2.47. The Labute approximate surface area is 145 Å². The predicted molar refractivity (Wildman–Crippen MR) is 96.4 cm³/mol. The van der Waals surface area contributed by atoms with Gasteiger partial charge in [0, 0.05) is 23.3 Å². The standard InChI is InChI=1S/C18H19N5O2/c1-11-9-12(2)21-18(20-11)23-17(24)16(13(3)22-23)10-19-14-5-7-15(25-4)8-6-14/h5-10,22H,1-4H3. The van der Waals surface area contributed by atoms with Gasteiger partial charge in [-0.25, -0.2) is 9.97 Å². The molecule has 0 aliphatic heterocycles. The average Bonchev–Trinajstić information content (AvgIpc) is 2.87. The summed E-state index contributed by atoms with van der Waals surface area (Å²) in [5.41, 5.74) is 3.27. The number of hydrogen-bond acceptors (Lipinski definition) is 5. The maximum atomic E-state index is 12.7. The van der Waals surface area contributed by atoms with E-state index >= 15 is 0 Å². The summed E-state index contributed by atoms with van der Waals surface area (Å²) >= 11 is 0. The molecule has 3 rings (SSSR count). The lowest BCUT2D eigenvalue weighted by atomic mass is 10.2.